The molecule has 0 aliphatic heterocycles. The van der Waals surface area contributed by atoms with Crippen LogP contribution >= 0.6 is 86.0 Å². The summed E-state index contributed by atoms with van der Waals surface area (Å²) in [7, 11) is -55.6. The van der Waals surface area contributed by atoms with E-state index in [9.17, 15) is 104 Å². The first-order chi connectivity index (χ1) is 39.7. The second kappa shape index (κ2) is 44.8. The topological polar surface area (TPSA) is 687 Å². The summed E-state index contributed by atoms with van der Waals surface area (Å²) < 4.78 is 212. The van der Waals surface area contributed by atoms with E-state index in [1.807, 2.05) is 13.8 Å². The Morgan fingerprint density at radius 1 is 0.264 bits per heavy atom. The fraction of sp³-hybridized carbons (Fsp3) is 1.00. The van der Waals surface area contributed by atoms with Gasteiger partial charge in [0.1, 0.15) is 0 Å². The predicted molar refractivity (Wildman–Crippen MR) is 261 cm³/mol. The molecular formula is C31H66O45P11-11. The summed E-state index contributed by atoms with van der Waals surface area (Å²) in [6.45, 7) is -9.93. The molecule has 0 amide bonds. The van der Waals surface area contributed by atoms with Crippen LogP contribution in [0.3, 0.4) is 0 Å². The molecule has 0 saturated carbocycles. The molecule has 0 saturated heterocycles. The summed E-state index contributed by atoms with van der Waals surface area (Å²) in [5, 5.41) is 9.03. The van der Waals surface area contributed by atoms with E-state index in [2.05, 4.69) is 90.5 Å². The monoisotopic (exact) mass is 1500 g/mol. The van der Waals surface area contributed by atoms with Crippen LogP contribution in [-0.2, 0) is 141 Å². The summed E-state index contributed by atoms with van der Waals surface area (Å²) in [5.74, 6) is -1.24. The van der Waals surface area contributed by atoms with E-state index in [4.69, 9.17) is 14.9 Å². The van der Waals surface area contributed by atoms with Crippen LogP contribution in [0.4, 0.5) is 0 Å². The van der Waals surface area contributed by atoms with Crippen LogP contribution < -0.4 is 53.8 Å². The van der Waals surface area contributed by atoms with Crippen LogP contribution in [0.15, 0.2) is 0 Å². The molecular weight excluding hydrogens is 1430 g/mol. The van der Waals surface area contributed by atoms with Crippen molar-refractivity contribution in [1.29, 1.82) is 0 Å². The minimum Gasteiger partial charge on any atom is -0.756 e. The second-order valence-electron chi connectivity index (χ2n) is 15.7. The number of hydrogen-bond donors (Lipinski definition) is 3. The van der Waals surface area contributed by atoms with Crippen LogP contribution in [0.1, 0.15) is 47.0 Å². The Morgan fingerprint density at radius 2 is 0.437 bits per heavy atom. The predicted octanol–water partition coefficient (Wildman–Crippen LogP) is -3.47. The van der Waals surface area contributed by atoms with Gasteiger partial charge in [0.15, 0.2) is 0 Å². The second-order valence-corrected chi connectivity index (χ2v) is 30.8. The third kappa shape index (κ3) is 57.2. The normalized spacial score (nSPS) is 20.9. The van der Waals surface area contributed by atoms with Crippen LogP contribution in [-0.4, -0.2) is 154 Å². The van der Waals surface area contributed by atoms with Crippen molar-refractivity contribution in [3.63, 3.8) is 0 Å². The van der Waals surface area contributed by atoms with Crippen molar-refractivity contribution in [3.05, 3.63) is 0 Å². The Bertz CT molecular complexity index is 2440. The van der Waals surface area contributed by atoms with Gasteiger partial charge in [0.05, 0.1) is 132 Å². The minimum absolute atomic E-state index is 0.00180. The first kappa shape index (κ1) is 90.2. The molecule has 45 nitrogen and oxygen atoms in total. The molecule has 14 unspecified atom stereocenters. The molecule has 0 aromatic carbocycles. The summed E-state index contributed by atoms with van der Waals surface area (Å²) in [4.78, 5) is 143. The summed E-state index contributed by atoms with van der Waals surface area (Å²) in [6.07, 6.45) is 1.31. The lowest BCUT2D eigenvalue weighted by molar-refractivity contribution is -0.238. The maximum Gasteiger partial charge on any atom is 0.268 e. The average molecular weight is 1500 g/mol. The molecule has 0 rings (SSSR count). The summed E-state index contributed by atoms with van der Waals surface area (Å²) in [5.41, 5.74) is 0. The number of hydrogen-bond acceptors (Lipinski definition) is 43. The van der Waals surface area contributed by atoms with E-state index in [1.54, 1.807) is 6.92 Å². The van der Waals surface area contributed by atoms with Crippen molar-refractivity contribution in [2.24, 2.45) is 17.8 Å². The molecule has 0 heterocycles. The molecule has 0 radical (unpaired) electrons. The van der Waals surface area contributed by atoms with Gasteiger partial charge in [-0.15, -0.1) is 0 Å². The van der Waals surface area contributed by atoms with Gasteiger partial charge in [0.25, 0.3) is 86.0 Å². The van der Waals surface area contributed by atoms with E-state index in [0.29, 0.717) is 6.42 Å². The molecule has 0 spiro atoms. The number of phosphoric ester groups is 11. The highest BCUT2D eigenvalue weighted by Gasteiger charge is 2.21. The van der Waals surface area contributed by atoms with Crippen molar-refractivity contribution in [2.45, 2.75) is 47.0 Å². The van der Waals surface area contributed by atoms with Gasteiger partial charge >= 0.3 is 0 Å². The van der Waals surface area contributed by atoms with Crippen LogP contribution in [0, 0.1) is 17.8 Å². The Labute approximate surface area is 497 Å². The lowest BCUT2D eigenvalue weighted by atomic mass is 10.1. The average Bonchev–Trinajstić information content (AvgIpc) is 3.61. The fourth-order valence-electron chi connectivity index (χ4n) is 4.24. The van der Waals surface area contributed by atoms with Crippen molar-refractivity contribution in [1.82, 2.24) is 0 Å². The number of phosphoric acid groups is 11. The smallest absolute Gasteiger partial charge is 0.268 e. The third-order valence-corrected chi connectivity index (χ3v) is 18.6. The van der Waals surface area contributed by atoms with Crippen LogP contribution in [0.2, 0.25) is 0 Å². The molecule has 0 aromatic rings. The quantitative estimate of drug-likeness (QED) is 0.0393. The number of aliphatic hydroxyl groups is 1. The minimum atomic E-state index is -5.26. The van der Waals surface area contributed by atoms with Crippen molar-refractivity contribution < 1.29 is 209 Å². The maximum atomic E-state index is 11.8. The van der Waals surface area contributed by atoms with Crippen molar-refractivity contribution in [2.75, 3.05) is 139 Å². The molecule has 3 N–H and O–H groups in total. The van der Waals surface area contributed by atoms with Gasteiger partial charge in [-0.1, -0.05) is 34.1 Å². The lowest BCUT2D eigenvalue weighted by Gasteiger charge is -2.27. The zero-order valence-electron chi connectivity index (χ0n) is 46.1. The van der Waals surface area contributed by atoms with Gasteiger partial charge in [-0.2, -0.15) is 0 Å². The van der Waals surface area contributed by atoms with Crippen LogP contribution in [0.25, 0.3) is 0 Å². The first-order valence-electron chi connectivity index (χ1n) is 24.1. The summed E-state index contributed by atoms with van der Waals surface area (Å²) >= 11 is 0. The van der Waals surface area contributed by atoms with Gasteiger partial charge in [-0.25, -0.2) is 0 Å². The Kier molecular flexibility index (Phi) is 46.5. The van der Waals surface area contributed by atoms with Gasteiger partial charge < -0.3 is 159 Å². The third-order valence-electron chi connectivity index (χ3n) is 8.70. The molecule has 526 valence electrons. The highest BCUT2D eigenvalue weighted by molar-refractivity contribution is 7.48. The van der Waals surface area contributed by atoms with E-state index < -0.39 is 217 Å². The Balaban J connectivity index is 0. The highest BCUT2D eigenvalue weighted by Crippen LogP contribution is 2.46. The highest BCUT2D eigenvalue weighted by atomic mass is 31.2. The van der Waals surface area contributed by atoms with Gasteiger partial charge in [0, 0.05) is 18.4 Å². The van der Waals surface area contributed by atoms with E-state index in [1.165, 1.54) is 6.92 Å². The number of rotatable bonds is 56. The number of aliphatic hydroxyl groups excluding tert-OH is 1. The molecule has 14 atom stereocenters. The van der Waals surface area contributed by atoms with Crippen LogP contribution in [0.5, 0.6) is 0 Å². The van der Waals surface area contributed by atoms with E-state index in [0.717, 1.165) is 6.42 Å². The zero-order valence-corrected chi connectivity index (χ0v) is 55.9. The summed E-state index contributed by atoms with van der Waals surface area (Å²) in [6, 6.07) is 0. The molecule has 87 heavy (non-hydrogen) atoms. The van der Waals surface area contributed by atoms with E-state index >= 15 is 0 Å². The zero-order chi connectivity index (χ0) is 67.3. The van der Waals surface area contributed by atoms with Gasteiger partial charge in [0.2, 0.25) is 0 Å². The fourth-order valence-corrected chi connectivity index (χ4v) is 11.3. The largest absolute Gasteiger partial charge is 0.756 e. The Morgan fingerprint density at radius 3 is 0.621 bits per heavy atom. The molecule has 0 fully saturated rings. The van der Waals surface area contributed by atoms with Crippen molar-refractivity contribution >= 4 is 86.0 Å². The maximum absolute atomic E-state index is 11.8. The van der Waals surface area contributed by atoms with Gasteiger partial charge in [-0.05, 0) is 18.8 Å². The molecule has 0 aliphatic rings. The van der Waals surface area contributed by atoms with E-state index in [-0.39, 0.29) is 32.2 Å². The lowest BCUT2D eigenvalue weighted by Crippen LogP contribution is -2.20. The molecule has 0 aromatic heterocycles. The standard InChI is InChI=1S/C24H59O37P9.C7H18O8P2/c1-3-23(19-25)20-60-69(41,42)57-17-15-55-67(37,38)53-13-11-51-65(33,34)49-9-7-47-63(29,30)45-5-6-46-64(31,32)48-8-10-50-66(35,36)52-12-14-54-68(39,40)56-16-18-58-70(43,44)61-22-24(4-2)21-59-62(26,27)28;1-3-7(2)6-15-17(11,12)14-5-4-13-16(8,9)10/h23-25H,3-22H2,1-2H3,(H,29,30)(H,31,32)(H,33,34)(H,35,36)(H,37,38)(H,39,40)(H,41,42)(H,43,44)(H2,26,27,28);7H,3-6H2,1-2H3,(H,11,12)(H2,8,9,10)/p-11. The van der Waals surface area contributed by atoms with Gasteiger partial charge in [-0.3, -0.25) is 50.2 Å². The Hall–Kier alpha value is 1.17. The molecule has 56 heteroatoms. The molecule has 0 bridgehead atoms. The van der Waals surface area contributed by atoms with Crippen molar-refractivity contribution in [3.8, 4) is 0 Å². The first-order valence-corrected chi connectivity index (χ1v) is 40.3. The molecule has 0 aliphatic carbocycles. The SMILES string of the molecule is CCC(C)COP(=O)([O-])OCCOP(=O)([O-])O.CCC(CO)COP(=O)([O-])OCCOP(=O)([O-])OCCOP(=O)([O-])OCCOP(=O)([O-])OCCOP(=O)([O-])OCCOP(=O)([O-])OCCOP(=O)([O-])OCCOP(=O)([O-])OCC(CC)COP(=O)([O-])O.